The second-order valence-electron chi connectivity index (χ2n) is 7.06. The third-order valence-electron chi connectivity index (χ3n) is 4.84. The van der Waals surface area contributed by atoms with Crippen LogP contribution in [0, 0.1) is 11.8 Å². The number of rotatable bonds is 6. The largest absolute Gasteiger partial charge is 0.311 e. The Morgan fingerprint density at radius 3 is 2.86 bits per heavy atom. The number of aromatic nitrogens is 3. The molecule has 0 bridgehead atoms. The Balaban J connectivity index is 1.69. The van der Waals surface area contributed by atoms with E-state index in [0.29, 0.717) is 12.1 Å². The lowest BCUT2D eigenvalue weighted by Gasteiger charge is -2.41. The van der Waals surface area contributed by atoms with Gasteiger partial charge in [-0.2, -0.15) is 5.10 Å². The maximum atomic E-state index is 4.47. The van der Waals surface area contributed by atoms with Crippen LogP contribution in [0.5, 0.6) is 0 Å². The first-order valence-corrected chi connectivity index (χ1v) is 8.51. The van der Waals surface area contributed by atoms with Crippen LogP contribution in [0.4, 0.5) is 0 Å². The second kappa shape index (κ2) is 6.44. The third-order valence-corrected chi connectivity index (χ3v) is 4.84. The van der Waals surface area contributed by atoms with E-state index < -0.39 is 0 Å². The summed E-state index contributed by atoms with van der Waals surface area (Å²) < 4.78 is 2.03. The maximum Gasteiger partial charge on any atom is 0.141 e. The number of piperazine rings is 1. The van der Waals surface area contributed by atoms with Gasteiger partial charge in [0.2, 0.25) is 0 Å². The van der Waals surface area contributed by atoms with Gasteiger partial charge in [-0.25, -0.2) is 9.67 Å². The minimum Gasteiger partial charge on any atom is -0.311 e. The molecule has 3 rings (SSSR count). The van der Waals surface area contributed by atoms with Crippen LogP contribution < -0.4 is 5.32 Å². The van der Waals surface area contributed by atoms with Crippen molar-refractivity contribution in [3.05, 3.63) is 12.2 Å². The molecule has 0 radical (unpaired) electrons. The molecule has 1 N–H and O–H groups in total. The molecular formula is C16H29N5. The minimum atomic E-state index is 0.627. The van der Waals surface area contributed by atoms with Gasteiger partial charge in [-0.15, -0.1) is 0 Å². The summed E-state index contributed by atoms with van der Waals surface area (Å²) >= 11 is 0. The van der Waals surface area contributed by atoms with E-state index in [1.54, 1.807) is 6.33 Å². The van der Waals surface area contributed by atoms with Gasteiger partial charge in [0.1, 0.15) is 12.2 Å². The van der Waals surface area contributed by atoms with Crippen molar-refractivity contribution in [2.75, 3.05) is 13.1 Å². The van der Waals surface area contributed by atoms with Crippen molar-refractivity contribution in [2.45, 2.75) is 65.2 Å². The minimum absolute atomic E-state index is 0.627. The lowest BCUT2D eigenvalue weighted by molar-refractivity contribution is 0.0957. The Morgan fingerprint density at radius 2 is 2.19 bits per heavy atom. The Labute approximate surface area is 128 Å². The molecule has 5 heteroatoms. The average Bonchev–Trinajstić information content (AvgIpc) is 3.21. The van der Waals surface area contributed by atoms with E-state index in [-0.39, 0.29) is 0 Å². The van der Waals surface area contributed by atoms with Crippen molar-refractivity contribution < 1.29 is 0 Å². The van der Waals surface area contributed by atoms with Crippen molar-refractivity contribution in [1.82, 2.24) is 25.0 Å². The Kier molecular flexibility index (Phi) is 4.60. The lowest BCUT2D eigenvalue weighted by atomic mass is 9.97. The van der Waals surface area contributed by atoms with Crippen molar-refractivity contribution in [2.24, 2.45) is 11.8 Å². The zero-order valence-electron chi connectivity index (χ0n) is 13.6. The summed E-state index contributed by atoms with van der Waals surface area (Å²) in [5.74, 6) is 2.76. The molecule has 1 aliphatic heterocycles. The van der Waals surface area contributed by atoms with Gasteiger partial charge >= 0.3 is 0 Å². The first-order chi connectivity index (χ1) is 10.2. The summed E-state index contributed by atoms with van der Waals surface area (Å²) in [6.07, 6.45) is 5.76. The zero-order valence-corrected chi connectivity index (χ0v) is 13.6. The predicted octanol–water partition coefficient (Wildman–Crippen LogP) is 1.90. The van der Waals surface area contributed by atoms with Crippen LogP contribution in [-0.2, 0) is 13.1 Å². The summed E-state index contributed by atoms with van der Waals surface area (Å²) in [6, 6.07) is 1.31. The van der Waals surface area contributed by atoms with Gasteiger partial charge in [-0.3, -0.25) is 4.90 Å². The van der Waals surface area contributed by atoms with E-state index in [1.807, 2.05) is 4.68 Å². The van der Waals surface area contributed by atoms with E-state index in [1.165, 1.54) is 25.8 Å². The highest BCUT2D eigenvalue weighted by Gasteiger charge is 2.37. The Bertz CT molecular complexity index is 451. The van der Waals surface area contributed by atoms with Gasteiger partial charge in [0, 0.05) is 31.7 Å². The molecule has 0 aromatic carbocycles. The molecule has 2 unspecified atom stereocenters. The molecule has 0 amide bonds. The topological polar surface area (TPSA) is 46.0 Å². The predicted molar refractivity (Wildman–Crippen MR) is 83.9 cm³/mol. The summed E-state index contributed by atoms with van der Waals surface area (Å²) in [4.78, 5) is 7.12. The highest BCUT2D eigenvalue weighted by Crippen LogP contribution is 2.35. The molecule has 1 saturated heterocycles. The molecule has 1 aromatic rings. The SMILES string of the molecule is CCn1ncnc1CN1CC(C2CC2)NCC1CC(C)C. The molecule has 0 spiro atoms. The number of aryl methyl sites for hydroxylation is 1. The molecule has 2 atom stereocenters. The monoisotopic (exact) mass is 291 g/mol. The van der Waals surface area contributed by atoms with Crippen LogP contribution in [0.1, 0.15) is 45.9 Å². The smallest absolute Gasteiger partial charge is 0.141 e. The number of nitrogens with zero attached hydrogens (tertiary/aromatic N) is 4. The fourth-order valence-corrected chi connectivity index (χ4v) is 3.52. The summed E-state index contributed by atoms with van der Waals surface area (Å²) in [5, 5.41) is 8.11. The fraction of sp³-hybridized carbons (Fsp3) is 0.875. The maximum absolute atomic E-state index is 4.47. The van der Waals surface area contributed by atoms with Gasteiger partial charge in [-0.1, -0.05) is 13.8 Å². The van der Waals surface area contributed by atoms with Gasteiger partial charge in [-0.05, 0) is 38.0 Å². The number of hydrogen-bond donors (Lipinski definition) is 1. The van der Waals surface area contributed by atoms with Gasteiger partial charge in [0.25, 0.3) is 0 Å². The standard InChI is InChI=1S/C16H29N5/c1-4-21-16(18-11-19-21)10-20-9-15(13-5-6-13)17-8-14(20)7-12(2)3/h11-15,17H,4-10H2,1-3H3. The van der Waals surface area contributed by atoms with Crippen LogP contribution in [0.15, 0.2) is 6.33 Å². The normalized spacial score (nSPS) is 27.4. The fourth-order valence-electron chi connectivity index (χ4n) is 3.52. The van der Waals surface area contributed by atoms with E-state index in [4.69, 9.17) is 0 Å². The number of hydrogen-bond acceptors (Lipinski definition) is 4. The molecule has 118 valence electrons. The zero-order chi connectivity index (χ0) is 14.8. The van der Waals surface area contributed by atoms with Crippen molar-refractivity contribution in [1.29, 1.82) is 0 Å². The van der Waals surface area contributed by atoms with Crippen LogP contribution in [0.2, 0.25) is 0 Å². The van der Waals surface area contributed by atoms with Crippen LogP contribution in [0.25, 0.3) is 0 Å². The Hall–Kier alpha value is -0.940. The third kappa shape index (κ3) is 3.64. The van der Waals surface area contributed by atoms with Crippen LogP contribution >= 0.6 is 0 Å². The molecule has 1 aromatic heterocycles. The van der Waals surface area contributed by atoms with E-state index in [9.17, 15) is 0 Å². The molecule has 21 heavy (non-hydrogen) atoms. The van der Waals surface area contributed by atoms with Crippen molar-refractivity contribution in [3.8, 4) is 0 Å². The highest BCUT2D eigenvalue weighted by molar-refractivity contribution is 4.97. The van der Waals surface area contributed by atoms with Gasteiger partial charge in [0.05, 0.1) is 6.54 Å². The highest BCUT2D eigenvalue weighted by atomic mass is 15.4. The Morgan fingerprint density at radius 1 is 1.38 bits per heavy atom. The molecular weight excluding hydrogens is 262 g/mol. The van der Waals surface area contributed by atoms with Crippen molar-refractivity contribution in [3.63, 3.8) is 0 Å². The van der Waals surface area contributed by atoms with Gasteiger partial charge < -0.3 is 5.32 Å². The molecule has 2 aliphatic rings. The first kappa shape index (κ1) is 15.0. The molecule has 2 fully saturated rings. The van der Waals surface area contributed by atoms with Crippen molar-refractivity contribution >= 4 is 0 Å². The van der Waals surface area contributed by atoms with E-state index in [2.05, 4.69) is 41.1 Å². The van der Waals surface area contributed by atoms with Crippen LogP contribution in [-0.4, -0.2) is 44.8 Å². The summed E-state index contributed by atoms with van der Waals surface area (Å²) in [5.41, 5.74) is 0. The van der Waals surface area contributed by atoms with E-state index >= 15 is 0 Å². The summed E-state index contributed by atoms with van der Waals surface area (Å²) in [6.45, 7) is 10.9. The van der Waals surface area contributed by atoms with Crippen LogP contribution in [0.3, 0.4) is 0 Å². The number of nitrogens with one attached hydrogen (secondary N) is 1. The second-order valence-corrected chi connectivity index (χ2v) is 7.06. The van der Waals surface area contributed by atoms with E-state index in [0.717, 1.165) is 37.3 Å². The first-order valence-electron chi connectivity index (χ1n) is 8.51. The lowest BCUT2D eigenvalue weighted by Crippen LogP contribution is -2.57. The van der Waals surface area contributed by atoms with Gasteiger partial charge in [0.15, 0.2) is 0 Å². The summed E-state index contributed by atoms with van der Waals surface area (Å²) in [7, 11) is 0. The average molecular weight is 291 g/mol. The molecule has 1 saturated carbocycles. The molecule has 1 aliphatic carbocycles. The quantitative estimate of drug-likeness (QED) is 0.869. The molecule has 2 heterocycles. The molecule has 5 nitrogen and oxygen atoms in total.